The Morgan fingerprint density at radius 3 is 2.41 bits per heavy atom. The molecule has 3 amide bonds. The van der Waals surface area contributed by atoms with Crippen molar-refractivity contribution in [3.63, 3.8) is 0 Å². The van der Waals surface area contributed by atoms with Crippen molar-refractivity contribution < 1.29 is 14.4 Å². The number of benzene rings is 2. The lowest BCUT2D eigenvalue weighted by Crippen LogP contribution is -2.47. The van der Waals surface area contributed by atoms with Gasteiger partial charge < -0.3 is 15.5 Å². The molecule has 0 saturated carbocycles. The van der Waals surface area contributed by atoms with Gasteiger partial charge in [0.15, 0.2) is 0 Å². The first-order valence-electron chi connectivity index (χ1n) is 10.5. The van der Waals surface area contributed by atoms with Gasteiger partial charge in [0.2, 0.25) is 17.7 Å². The molecule has 2 heterocycles. The van der Waals surface area contributed by atoms with Gasteiger partial charge in [0, 0.05) is 31.3 Å². The van der Waals surface area contributed by atoms with E-state index in [9.17, 15) is 14.4 Å². The van der Waals surface area contributed by atoms with Crippen molar-refractivity contribution in [1.82, 2.24) is 10.3 Å². The topological polar surface area (TPSA) is 91.4 Å². The maximum Gasteiger partial charge on any atom is 0.247 e. The number of rotatable bonds is 7. The Morgan fingerprint density at radius 2 is 1.72 bits per heavy atom. The molecule has 2 unspecified atom stereocenters. The van der Waals surface area contributed by atoms with E-state index in [0.29, 0.717) is 12.1 Å². The fourth-order valence-corrected chi connectivity index (χ4v) is 3.76. The summed E-state index contributed by atoms with van der Waals surface area (Å²) in [6.07, 6.45) is 3.62. The summed E-state index contributed by atoms with van der Waals surface area (Å²) in [5.41, 5.74) is 2.24. The predicted molar refractivity (Wildman–Crippen MR) is 122 cm³/mol. The van der Waals surface area contributed by atoms with Gasteiger partial charge in [-0.15, -0.1) is 0 Å². The molecular weight excluding hydrogens is 404 g/mol. The lowest BCUT2D eigenvalue weighted by Gasteiger charge is -2.21. The van der Waals surface area contributed by atoms with Gasteiger partial charge in [0.1, 0.15) is 6.04 Å². The minimum atomic E-state index is -0.786. The van der Waals surface area contributed by atoms with Crippen LogP contribution < -0.4 is 15.5 Å². The van der Waals surface area contributed by atoms with Crippen molar-refractivity contribution in [2.24, 2.45) is 5.92 Å². The average molecular weight is 428 g/mol. The second kappa shape index (κ2) is 9.87. The highest BCUT2D eigenvalue weighted by molar-refractivity contribution is 6.02. The fourth-order valence-electron chi connectivity index (χ4n) is 3.76. The number of pyridine rings is 1. The summed E-state index contributed by atoms with van der Waals surface area (Å²) < 4.78 is 0. The summed E-state index contributed by atoms with van der Waals surface area (Å²) >= 11 is 0. The molecule has 32 heavy (non-hydrogen) atoms. The second-order valence-corrected chi connectivity index (χ2v) is 7.72. The van der Waals surface area contributed by atoms with Gasteiger partial charge in [0.25, 0.3) is 0 Å². The summed E-state index contributed by atoms with van der Waals surface area (Å²) in [6.45, 7) is 0.289. The van der Waals surface area contributed by atoms with Gasteiger partial charge in [-0.1, -0.05) is 48.5 Å². The molecule has 0 bridgehead atoms. The molecule has 0 spiro atoms. The summed E-state index contributed by atoms with van der Waals surface area (Å²) in [6, 6.07) is 21.5. The molecular formula is C25H24N4O3. The monoisotopic (exact) mass is 428 g/mol. The molecule has 1 aromatic heterocycles. The molecule has 7 heteroatoms. The van der Waals surface area contributed by atoms with Gasteiger partial charge in [-0.25, -0.2) is 0 Å². The highest BCUT2D eigenvalue weighted by Crippen LogP contribution is 2.25. The number of nitrogens with one attached hydrogen (secondary N) is 2. The van der Waals surface area contributed by atoms with Crippen molar-refractivity contribution in [2.45, 2.75) is 18.9 Å². The van der Waals surface area contributed by atoms with Crippen LogP contribution in [0.3, 0.4) is 0 Å². The van der Waals surface area contributed by atoms with Gasteiger partial charge in [-0.3, -0.25) is 19.4 Å². The molecule has 1 fully saturated rings. The average Bonchev–Trinajstić information content (AvgIpc) is 3.22. The maximum atomic E-state index is 13.0. The summed E-state index contributed by atoms with van der Waals surface area (Å²) in [7, 11) is 0. The highest BCUT2D eigenvalue weighted by Gasteiger charge is 2.36. The zero-order valence-electron chi connectivity index (χ0n) is 17.5. The molecule has 0 radical (unpaired) electrons. The Bertz CT molecular complexity index is 1070. The van der Waals surface area contributed by atoms with Crippen LogP contribution in [-0.4, -0.2) is 35.3 Å². The number of hydrogen-bond acceptors (Lipinski definition) is 4. The van der Waals surface area contributed by atoms with E-state index in [0.717, 1.165) is 11.3 Å². The van der Waals surface area contributed by atoms with E-state index >= 15 is 0 Å². The Morgan fingerprint density at radius 1 is 1.00 bits per heavy atom. The lowest BCUT2D eigenvalue weighted by atomic mass is 10.0. The fraction of sp³-hybridized carbons (Fsp3) is 0.200. The number of carbonyl (C=O) groups excluding carboxylic acids is 3. The lowest BCUT2D eigenvalue weighted by molar-refractivity contribution is -0.129. The van der Waals surface area contributed by atoms with E-state index in [1.807, 2.05) is 60.7 Å². The van der Waals surface area contributed by atoms with Crippen LogP contribution in [0, 0.1) is 5.92 Å². The van der Waals surface area contributed by atoms with Crippen LogP contribution in [0.2, 0.25) is 0 Å². The molecule has 0 aliphatic carbocycles. The predicted octanol–water partition coefficient (Wildman–Crippen LogP) is 2.80. The first kappa shape index (κ1) is 21.2. The van der Waals surface area contributed by atoms with Crippen molar-refractivity contribution in [1.29, 1.82) is 0 Å². The van der Waals surface area contributed by atoms with Gasteiger partial charge >= 0.3 is 0 Å². The van der Waals surface area contributed by atoms with E-state index < -0.39 is 12.0 Å². The molecule has 2 aromatic carbocycles. The van der Waals surface area contributed by atoms with Crippen LogP contribution in [0.4, 0.5) is 11.4 Å². The zero-order chi connectivity index (χ0) is 22.3. The normalized spacial score (nSPS) is 16.4. The Hall–Kier alpha value is -4.00. The smallest absolute Gasteiger partial charge is 0.247 e. The molecule has 162 valence electrons. The third-order valence-electron chi connectivity index (χ3n) is 5.41. The molecule has 3 aromatic rings. The number of para-hydroxylation sites is 1. The van der Waals surface area contributed by atoms with Gasteiger partial charge in [-0.2, -0.15) is 0 Å². The van der Waals surface area contributed by atoms with Crippen LogP contribution in [0.15, 0.2) is 85.2 Å². The van der Waals surface area contributed by atoms with E-state index in [-0.39, 0.29) is 30.7 Å². The van der Waals surface area contributed by atoms with Crippen LogP contribution >= 0.6 is 0 Å². The van der Waals surface area contributed by atoms with Gasteiger partial charge in [0.05, 0.1) is 17.8 Å². The summed E-state index contributed by atoms with van der Waals surface area (Å²) in [4.78, 5) is 44.2. The van der Waals surface area contributed by atoms with E-state index in [4.69, 9.17) is 0 Å². The Balaban J connectivity index is 1.47. The Kier molecular flexibility index (Phi) is 6.55. The Labute approximate surface area is 186 Å². The highest BCUT2D eigenvalue weighted by atomic mass is 16.2. The molecule has 4 rings (SSSR count). The van der Waals surface area contributed by atoms with Crippen LogP contribution in [-0.2, 0) is 20.8 Å². The molecule has 1 saturated heterocycles. The number of anilines is 2. The quantitative estimate of drug-likeness (QED) is 0.605. The minimum Gasteiger partial charge on any atom is -0.344 e. The first-order valence-corrected chi connectivity index (χ1v) is 10.5. The number of aromatic nitrogens is 1. The van der Waals surface area contributed by atoms with Crippen LogP contribution in [0.25, 0.3) is 0 Å². The zero-order valence-corrected chi connectivity index (χ0v) is 17.5. The van der Waals surface area contributed by atoms with Crippen molar-refractivity contribution in [3.05, 3.63) is 90.8 Å². The molecule has 2 atom stereocenters. The third-order valence-corrected chi connectivity index (χ3v) is 5.41. The van der Waals surface area contributed by atoms with E-state index in [1.54, 1.807) is 29.4 Å². The first-order chi connectivity index (χ1) is 15.6. The largest absolute Gasteiger partial charge is 0.344 e. The second-order valence-electron chi connectivity index (χ2n) is 7.72. The van der Waals surface area contributed by atoms with E-state index in [2.05, 4.69) is 15.6 Å². The molecule has 7 nitrogen and oxygen atoms in total. The van der Waals surface area contributed by atoms with Crippen molar-refractivity contribution >= 4 is 29.1 Å². The van der Waals surface area contributed by atoms with Crippen molar-refractivity contribution in [3.8, 4) is 0 Å². The number of hydrogen-bond donors (Lipinski definition) is 2. The van der Waals surface area contributed by atoms with Gasteiger partial charge in [-0.05, 0) is 29.8 Å². The maximum absolute atomic E-state index is 13.0. The number of nitrogens with zero attached hydrogens (tertiary/aromatic N) is 2. The minimum absolute atomic E-state index is 0.101. The number of carbonyl (C=O) groups is 3. The summed E-state index contributed by atoms with van der Waals surface area (Å²) in [5.74, 6) is -1.26. The van der Waals surface area contributed by atoms with Crippen LogP contribution in [0.5, 0.6) is 0 Å². The third kappa shape index (κ3) is 5.18. The molecule has 1 aliphatic heterocycles. The molecule has 2 N–H and O–H groups in total. The standard InChI is InChI=1S/C25H24N4O3/c30-23-15-19(17-29(23)21-11-5-2-6-12-21)24(31)28-22(14-18-8-3-1-4-9-18)25(32)27-20-10-7-13-26-16-20/h1-13,16,19,22H,14-15,17H2,(H,27,32)(H,28,31). The summed E-state index contributed by atoms with van der Waals surface area (Å²) in [5, 5.41) is 5.68. The van der Waals surface area contributed by atoms with Crippen LogP contribution in [0.1, 0.15) is 12.0 Å². The van der Waals surface area contributed by atoms with Crippen molar-refractivity contribution in [2.75, 3.05) is 16.8 Å². The number of amides is 3. The molecule has 1 aliphatic rings. The SMILES string of the molecule is O=C(NC(Cc1ccccc1)C(=O)Nc1cccnc1)C1CC(=O)N(c2ccccc2)C1. The van der Waals surface area contributed by atoms with E-state index in [1.165, 1.54) is 0 Å².